The fourth-order valence-corrected chi connectivity index (χ4v) is 1.27. The van der Waals surface area contributed by atoms with Crippen LogP contribution >= 0.6 is 0 Å². The number of nitrogens with zero attached hydrogens (tertiary/aromatic N) is 2. The highest BCUT2D eigenvalue weighted by molar-refractivity contribution is 5.19. The van der Waals surface area contributed by atoms with Crippen LogP contribution in [0.5, 0.6) is 0 Å². The maximum absolute atomic E-state index is 8.35. The lowest BCUT2D eigenvalue weighted by atomic mass is 10.2. The van der Waals surface area contributed by atoms with Crippen molar-refractivity contribution >= 4 is 0 Å². The first-order chi connectivity index (χ1) is 4.74. The molecule has 1 unspecified atom stereocenters. The molecule has 1 heterocycles. The molecule has 1 aliphatic rings. The smallest absolute Gasteiger partial charge is 0.0912 e. The minimum Gasteiger partial charge on any atom is -0.299 e. The van der Waals surface area contributed by atoms with Crippen molar-refractivity contribution in [2.45, 2.75) is 19.4 Å². The first kappa shape index (κ1) is 7.30. The summed E-state index contributed by atoms with van der Waals surface area (Å²) in [4.78, 5) is 2.25. The molecular formula is C8H12N2. The van der Waals surface area contributed by atoms with E-state index in [-0.39, 0.29) is 0 Å². The Morgan fingerprint density at radius 3 is 2.90 bits per heavy atom. The predicted octanol–water partition coefficient (Wildman–Crippen LogP) is 1.16. The normalized spacial score (nSPS) is 30.9. The van der Waals surface area contributed by atoms with E-state index in [2.05, 4.69) is 24.9 Å². The van der Waals surface area contributed by atoms with Gasteiger partial charge in [0, 0.05) is 18.7 Å². The van der Waals surface area contributed by atoms with Crippen LogP contribution in [-0.4, -0.2) is 24.5 Å². The number of rotatable bonds is 0. The van der Waals surface area contributed by atoms with Crippen LogP contribution in [0.1, 0.15) is 13.3 Å². The molecule has 0 spiro atoms. The van der Waals surface area contributed by atoms with Gasteiger partial charge in [0.25, 0.3) is 0 Å². The summed E-state index contributed by atoms with van der Waals surface area (Å²) in [6, 6.07) is 2.67. The van der Waals surface area contributed by atoms with Crippen molar-refractivity contribution in [3.05, 3.63) is 11.6 Å². The second kappa shape index (κ2) is 2.85. The van der Waals surface area contributed by atoms with Crippen molar-refractivity contribution in [1.82, 2.24) is 4.90 Å². The lowest BCUT2D eigenvalue weighted by molar-refractivity contribution is 0.332. The van der Waals surface area contributed by atoms with Gasteiger partial charge in [-0.15, -0.1) is 0 Å². The summed E-state index contributed by atoms with van der Waals surface area (Å²) in [5, 5.41) is 8.35. The van der Waals surface area contributed by atoms with E-state index >= 15 is 0 Å². The van der Waals surface area contributed by atoms with E-state index < -0.39 is 0 Å². The van der Waals surface area contributed by atoms with Crippen molar-refractivity contribution in [2.24, 2.45) is 0 Å². The first-order valence-corrected chi connectivity index (χ1v) is 3.52. The number of hydrogen-bond acceptors (Lipinski definition) is 2. The highest BCUT2D eigenvalue weighted by atomic mass is 15.1. The molecule has 0 amide bonds. The molecule has 2 nitrogen and oxygen atoms in total. The monoisotopic (exact) mass is 136 g/mol. The third-order valence-corrected chi connectivity index (χ3v) is 2.03. The molecule has 0 saturated carbocycles. The second-order valence-electron chi connectivity index (χ2n) is 2.90. The third-order valence-electron chi connectivity index (χ3n) is 2.03. The largest absolute Gasteiger partial charge is 0.299 e. The molecule has 0 radical (unpaired) electrons. The summed E-state index contributed by atoms with van der Waals surface area (Å²) in [6.45, 7) is 3.15. The maximum Gasteiger partial charge on any atom is 0.0912 e. The van der Waals surface area contributed by atoms with E-state index in [1.807, 2.05) is 0 Å². The highest BCUT2D eigenvalue weighted by Crippen LogP contribution is 2.19. The van der Waals surface area contributed by atoms with Gasteiger partial charge in [0.05, 0.1) is 6.07 Å². The molecule has 0 aromatic heterocycles. The molecule has 1 fully saturated rings. The Bertz CT molecular complexity index is 176. The molecule has 0 aromatic carbocycles. The topological polar surface area (TPSA) is 27.0 Å². The van der Waals surface area contributed by atoms with Crippen molar-refractivity contribution in [1.29, 1.82) is 5.26 Å². The molecule has 1 aliphatic heterocycles. The summed E-state index contributed by atoms with van der Waals surface area (Å²) >= 11 is 0. The van der Waals surface area contributed by atoms with Gasteiger partial charge in [-0.1, -0.05) is 0 Å². The zero-order valence-corrected chi connectivity index (χ0v) is 6.46. The van der Waals surface area contributed by atoms with E-state index in [9.17, 15) is 0 Å². The fraction of sp³-hybridized carbons (Fsp3) is 0.625. The Morgan fingerprint density at radius 1 is 1.80 bits per heavy atom. The number of hydrogen-bond donors (Lipinski definition) is 0. The molecule has 0 aromatic rings. The minimum absolute atomic E-state index is 0.611. The van der Waals surface area contributed by atoms with Crippen LogP contribution in [0.25, 0.3) is 0 Å². The fourth-order valence-electron chi connectivity index (χ4n) is 1.27. The first-order valence-electron chi connectivity index (χ1n) is 3.52. The van der Waals surface area contributed by atoms with E-state index in [0.29, 0.717) is 6.04 Å². The van der Waals surface area contributed by atoms with Crippen molar-refractivity contribution in [3.8, 4) is 6.07 Å². The Labute approximate surface area is 61.8 Å². The van der Waals surface area contributed by atoms with Gasteiger partial charge in [-0.25, -0.2) is 0 Å². The van der Waals surface area contributed by atoms with Crippen molar-refractivity contribution < 1.29 is 0 Å². The van der Waals surface area contributed by atoms with Gasteiger partial charge >= 0.3 is 0 Å². The SMILES string of the molecule is CC1CC(=CC#N)CN1C. The van der Waals surface area contributed by atoms with Crippen LogP contribution in [0.2, 0.25) is 0 Å². The maximum atomic E-state index is 8.35. The second-order valence-corrected chi connectivity index (χ2v) is 2.90. The van der Waals surface area contributed by atoms with Gasteiger partial charge in [-0.05, 0) is 26.0 Å². The van der Waals surface area contributed by atoms with E-state index in [1.165, 1.54) is 5.57 Å². The summed E-state index contributed by atoms with van der Waals surface area (Å²) in [5.41, 5.74) is 1.26. The van der Waals surface area contributed by atoms with Crippen molar-refractivity contribution in [3.63, 3.8) is 0 Å². The van der Waals surface area contributed by atoms with Crippen molar-refractivity contribution in [2.75, 3.05) is 13.6 Å². The van der Waals surface area contributed by atoms with Crippen LogP contribution in [0.3, 0.4) is 0 Å². The zero-order chi connectivity index (χ0) is 7.56. The molecule has 0 bridgehead atoms. The van der Waals surface area contributed by atoms with Gasteiger partial charge in [0.1, 0.15) is 0 Å². The quantitative estimate of drug-likeness (QED) is 0.467. The van der Waals surface area contributed by atoms with Gasteiger partial charge in [-0.2, -0.15) is 5.26 Å². The summed E-state index contributed by atoms with van der Waals surface area (Å²) in [5.74, 6) is 0. The molecule has 0 aliphatic carbocycles. The van der Waals surface area contributed by atoms with Crippen LogP contribution in [-0.2, 0) is 0 Å². The lowest BCUT2D eigenvalue weighted by Crippen LogP contribution is -2.20. The number of nitriles is 1. The Kier molecular flexibility index (Phi) is 2.08. The lowest BCUT2D eigenvalue weighted by Gasteiger charge is -2.11. The Morgan fingerprint density at radius 2 is 2.50 bits per heavy atom. The average molecular weight is 136 g/mol. The number of allylic oxidation sites excluding steroid dienone is 1. The summed E-state index contributed by atoms with van der Waals surface area (Å²) in [7, 11) is 2.09. The van der Waals surface area contributed by atoms with Crippen LogP contribution in [0, 0.1) is 11.3 Å². The van der Waals surface area contributed by atoms with Gasteiger partial charge in [0.15, 0.2) is 0 Å². The molecule has 0 N–H and O–H groups in total. The van der Waals surface area contributed by atoms with Crippen LogP contribution in [0.4, 0.5) is 0 Å². The van der Waals surface area contributed by atoms with Gasteiger partial charge < -0.3 is 0 Å². The van der Waals surface area contributed by atoms with Gasteiger partial charge in [-0.3, -0.25) is 4.90 Å². The minimum atomic E-state index is 0.611. The Balaban J connectivity index is 2.59. The summed E-state index contributed by atoms with van der Waals surface area (Å²) in [6.07, 6.45) is 2.73. The Hall–Kier alpha value is -0.810. The van der Waals surface area contributed by atoms with E-state index in [4.69, 9.17) is 5.26 Å². The molecular weight excluding hydrogens is 124 g/mol. The molecule has 1 atom stereocenters. The molecule has 2 heteroatoms. The predicted molar refractivity (Wildman–Crippen MR) is 40.4 cm³/mol. The highest BCUT2D eigenvalue weighted by Gasteiger charge is 2.19. The molecule has 10 heavy (non-hydrogen) atoms. The van der Waals surface area contributed by atoms with E-state index in [0.717, 1.165) is 13.0 Å². The molecule has 54 valence electrons. The van der Waals surface area contributed by atoms with Gasteiger partial charge in [0.2, 0.25) is 0 Å². The molecule has 1 rings (SSSR count). The number of likely N-dealkylation sites (tertiary alicyclic amines) is 1. The third kappa shape index (κ3) is 1.37. The number of likely N-dealkylation sites (N-methyl/N-ethyl adjacent to an activating group) is 1. The van der Waals surface area contributed by atoms with Crippen LogP contribution < -0.4 is 0 Å². The standard InChI is InChI=1S/C8H12N2/c1-7-5-8(3-4-9)6-10(7)2/h3,7H,5-6H2,1-2H3. The van der Waals surface area contributed by atoms with E-state index in [1.54, 1.807) is 6.08 Å². The molecule has 1 saturated heterocycles. The van der Waals surface area contributed by atoms with Crippen LogP contribution in [0.15, 0.2) is 11.6 Å². The average Bonchev–Trinajstić information content (AvgIpc) is 2.14. The zero-order valence-electron chi connectivity index (χ0n) is 6.46. The summed E-state index contributed by atoms with van der Waals surface area (Å²) < 4.78 is 0.